The van der Waals surface area contributed by atoms with E-state index in [1.54, 1.807) is 0 Å². The number of nitrogens with zero attached hydrogens (tertiary/aromatic N) is 3. The maximum Gasteiger partial charge on any atom is 0.337 e. The van der Waals surface area contributed by atoms with Crippen LogP contribution in [0.5, 0.6) is 5.75 Å². The van der Waals surface area contributed by atoms with Crippen molar-refractivity contribution in [2.75, 3.05) is 0 Å². The van der Waals surface area contributed by atoms with Crippen LogP contribution in [-0.2, 0) is 13.0 Å². The minimum Gasteiger partial charge on any atom is -0.482 e. The Bertz CT molecular complexity index is 553. The molecular formula is C11H11N3O4. The van der Waals surface area contributed by atoms with Gasteiger partial charge in [-0.1, -0.05) is 6.92 Å². The maximum absolute atomic E-state index is 10.7. The first-order valence-electron chi connectivity index (χ1n) is 5.31. The summed E-state index contributed by atoms with van der Waals surface area (Å²) < 4.78 is 10.6. The first kappa shape index (κ1) is 12.0. The van der Waals surface area contributed by atoms with Crippen molar-refractivity contribution in [1.82, 2.24) is 15.2 Å². The molecule has 18 heavy (non-hydrogen) atoms. The molecule has 0 atom stereocenters. The van der Waals surface area contributed by atoms with Crippen molar-refractivity contribution < 1.29 is 19.1 Å². The largest absolute Gasteiger partial charge is 0.482 e. The number of hydrogen-bond acceptors (Lipinski definition) is 6. The van der Waals surface area contributed by atoms with E-state index in [1.165, 1.54) is 18.5 Å². The van der Waals surface area contributed by atoms with Crippen molar-refractivity contribution >= 4 is 5.97 Å². The second-order valence-corrected chi connectivity index (χ2v) is 3.45. The lowest BCUT2D eigenvalue weighted by atomic mass is 10.3. The zero-order valence-corrected chi connectivity index (χ0v) is 9.66. The molecule has 94 valence electrons. The van der Waals surface area contributed by atoms with Gasteiger partial charge in [-0.05, 0) is 6.07 Å². The van der Waals surface area contributed by atoms with E-state index in [0.29, 0.717) is 24.0 Å². The van der Waals surface area contributed by atoms with Gasteiger partial charge in [-0.3, -0.25) is 4.98 Å². The number of hydrogen-bond donors (Lipinski definition) is 1. The second-order valence-electron chi connectivity index (χ2n) is 3.45. The molecule has 0 aliphatic rings. The van der Waals surface area contributed by atoms with Gasteiger partial charge in [-0.25, -0.2) is 4.79 Å². The van der Waals surface area contributed by atoms with Gasteiger partial charge in [-0.2, -0.15) is 0 Å². The first-order chi connectivity index (χ1) is 8.69. The number of ether oxygens (including phenoxy) is 1. The van der Waals surface area contributed by atoms with Crippen LogP contribution in [0.3, 0.4) is 0 Å². The minimum absolute atomic E-state index is 0.0623. The van der Waals surface area contributed by atoms with Crippen LogP contribution in [-0.4, -0.2) is 26.3 Å². The van der Waals surface area contributed by atoms with Gasteiger partial charge in [0.2, 0.25) is 5.89 Å². The average molecular weight is 249 g/mol. The van der Waals surface area contributed by atoms with Gasteiger partial charge in [-0.15, -0.1) is 10.2 Å². The molecule has 2 heterocycles. The van der Waals surface area contributed by atoms with Crippen molar-refractivity contribution in [3.05, 3.63) is 35.8 Å². The third-order valence-corrected chi connectivity index (χ3v) is 2.13. The van der Waals surface area contributed by atoms with Crippen LogP contribution in [0.25, 0.3) is 0 Å². The summed E-state index contributed by atoms with van der Waals surface area (Å²) in [6.45, 7) is 1.98. The summed E-state index contributed by atoms with van der Waals surface area (Å²) in [7, 11) is 0. The monoisotopic (exact) mass is 249 g/mol. The van der Waals surface area contributed by atoms with Crippen LogP contribution < -0.4 is 4.74 Å². The lowest BCUT2D eigenvalue weighted by molar-refractivity contribution is 0.0696. The van der Waals surface area contributed by atoms with E-state index in [0.717, 1.165) is 0 Å². The Kier molecular flexibility index (Phi) is 3.52. The van der Waals surface area contributed by atoms with Crippen molar-refractivity contribution in [1.29, 1.82) is 0 Å². The van der Waals surface area contributed by atoms with E-state index in [1.807, 2.05) is 6.92 Å². The van der Waals surface area contributed by atoms with Crippen LogP contribution in [0, 0.1) is 0 Å². The molecule has 2 rings (SSSR count). The Morgan fingerprint density at radius 2 is 2.17 bits per heavy atom. The van der Waals surface area contributed by atoms with Crippen molar-refractivity contribution in [2.24, 2.45) is 0 Å². The molecule has 7 nitrogen and oxygen atoms in total. The number of pyridine rings is 1. The SMILES string of the molecule is CCc1nnc(COc2cncc(C(=O)O)c2)o1. The highest BCUT2D eigenvalue weighted by Gasteiger charge is 2.07. The van der Waals surface area contributed by atoms with Gasteiger partial charge in [0.05, 0.1) is 11.8 Å². The fourth-order valence-electron chi connectivity index (χ4n) is 1.25. The third kappa shape index (κ3) is 2.82. The molecule has 1 N–H and O–H groups in total. The van der Waals surface area contributed by atoms with Gasteiger partial charge in [0.25, 0.3) is 5.89 Å². The number of rotatable bonds is 5. The van der Waals surface area contributed by atoms with Gasteiger partial charge in [0.15, 0.2) is 6.61 Å². The zero-order chi connectivity index (χ0) is 13.0. The predicted octanol–water partition coefficient (Wildman–Crippen LogP) is 1.30. The summed E-state index contributed by atoms with van der Waals surface area (Å²) in [4.78, 5) is 14.5. The smallest absolute Gasteiger partial charge is 0.337 e. The van der Waals surface area contributed by atoms with Crippen molar-refractivity contribution in [2.45, 2.75) is 20.0 Å². The van der Waals surface area contributed by atoms with Gasteiger partial charge >= 0.3 is 5.97 Å². The Morgan fingerprint density at radius 3 is 2.83 bits per heavy atom. The van der Waals surface area contributed by atoms with E-state index in [9.17, 15) is 4.79 Å². The van der Waals surface area contributed by atoms with E-state index in [4.69, 9.17) is 14.3 Å². The van der Waals surface area contributed by atoms with Crippen LogP contribution in [0.15, 0.2) is 22.9 Å². The molecule has 0 spiro atoms. The molecule has 2 aromatic heterocycles. The Morgan fingerprint density at radius 1 is 1.39 bits per heavy atom. The molecule has 0 unspecified atom stereocenters. The lowest BCUT2D eigenvalue weighted by Gasteiger charge is -2.03. The molecule has 0 saturated heterocycles. The number of aromatic carboxylic acids is 1. The summed E-state index contributed by atoms with van der Waals surface area (Å²) in [5.41, 5.74) is 0.0623. The van der Waals surface area contributed by atoms with Gasteiger partial charge < -0.3 is 14.3 Å². The van der Waals surface area contributed by atoms with E-state index in [2.05, 4.69) is 15.2 Å². The standard InChI is InChI=1S/C11H11N3O4/c1-2-9-13-14-10(18-9)6-17-8-3-7(11(15)16)4-12-5-8/h3-5H,2,6H2,1H3,(H,15,16). The molecule has 0 aromatic carbocycles. The topological polar surface area (TPSA) is 98.3 Å². The summed E-state index contributed by atoms with van der Waals surface area (Å²) in [6, 6.07) is 1.38. The molecule has 0 aliphatic heterocycles. The Balaban J connectivity index is 2.01. The van der Waals surface area contributed by atoms with Gasteiger partial charge in [0.1, 0.15) is 5.75 Å². The fraction of sp³-hybridized carbons (Fsp3) is 0.273. The lowest BCUT2D eigenvalue weighted by Crippen LogP contribution is -2.00. The van der Waals surface area contributed by atoms with E-state index >= 15 is 0 Å². The number of carbonyl (C=O) groups is 1. The number of aromatic nitrogens is 3. The van der Waals surface area contributed by atoms with Crippen molar-refractivity contribution in [3.63, 3.8) is 0 Å². The summed E-state index contributed by atoms with van der Waals surface area (Å²) >= 11 is 0. The normalized spacial score (nSPS) is 10.3. The third-order valence-electron chi connectivity index (χ3n) is 2.13. The maximum atomic E-state index is 10.7. The predicted molar refractivity (Wildman–Crippen MR) is 59.2 cm³/mol. The van der Waals surface area contributed by atoms with E-state index < -0.39 is 5.97 Å². The highest BCUT2D eigenvalue weighted by molar-refractivity contribution is 5.87. The zero-order valence-electron chi connectivity index (χ0n) is 9.66. The average Bonchev–Trinajstić information content (AvgIpc) is 2.84. The minimum atomic E-state index is -1.06. The molecule has 0 fully saturated rings. The Labute approximate surface area is 102 Å². The van der Waals surface area contributed by atoms with E-state index in [-0.39, 0.29) is 12.2 Å². The molecule has 0 saturated carbocycles. The highest BCUT2D eigenvalue weighted by atomic mass is 16.5. The van der Waals surface area contributed by atoms with Crippen LogP contribution in [0.1, 0.15) is 29.1 Å². The molecule has 0 radical (unpaired) electrons. The summed E-state index contributed by atoms with van der Waals surface area (Å²) in [6.07, 6.45) is 3.32. The second kappa shape index (κ2) is 5.26. The molecule has 7 heteroatoms. The number of aryl methyl sites for hydroxylation is 1. The quantitative estimate of drug-likeness (QED) is 0.852. The Hall–Kier alpha value is -2.44. The highest BCUT2D eigenvalue weighted by Crippen LogP contribution is 2.13. The fourth-order valence-corrected chi connectivity index (χ4v) is 1.25. The molecule has 0 aliphatic carbocycles. The molecular weight excluding hydrogens is 238 g/mol. The van der Waals surface area contributed by atoms with Crippen LogP contribution in [0.4, 0.5) is 0 Å². The van der Waals surface area contributed by atoms with Crippen molar-refractivity contribution in [3.8, 4) is 5.75 Å². The number of carboxylic acid groups (broad SMARTS) is 1. The van der Waals surface area contributed by atoms with Crippen LogP contribution in [0.2, 0.25) is 0 Å². The first-order valence-corrected chi connectivity index (χ1v) is 5.31. The van der Waals surface area contributed by atoms with Crippen LogP contribution >= 0.6 is 0 Å². The van der Waals surface area contributed by atoms with Gasteiger partial charge in [0, 0.05) is 12.6 Å². The molecule has 2 aromatic rings. The number of carboxylic acids is 1. The molecule has 0 amide bonds. The summed E-state index contributed by atoms with van der Waals surface area (Å²) in [5.74, 6) is 0.156. The molecule has 0 bridgehead atoms. The summed E-state index contributed by atoms with van der Waals surface area (Å²) in [5, 5.41) is 16.4.